The fourth-order valence-corrected chi connectivity index (χ4v) is 1.87. The van der Waals surface area contributed by atoms with Crippen molar-refractivity contribution in [2.24, 2.45) is 0 Å². The van der Waals surface area contributed by atoms with Crippen LogP contribution in [0, 0.1) is 6.92 Å². The number of carbonyl (C=O) groups is 1. The minimum atomic E-state index is -0.0720. The summed E-state index contributed by atoms with van der Waals surface area (Å²) in [6.45, 7) is 1.87. The molecule has 2 N–H and O–H groups in total. The number of carbonyl (C=O) groups excluding carboxylic acids is 1. The Bertz CT molecular complexity index is 541. The third-order valence-electron chi connectivity index (χ3n) is 2.64. The van der Waals surface area contributed by atoms with E-state index in [1.54, 1.807) is 30.3 Å². The maximum atomic E-state index is 12.3. The van der Waals surface area contributed by atoms with Gasteiger partial charge in [-0.1, -0.05) is 23.7 Å². The maximum absolute atomic E-state index is 12.3. The maximum Gasteiger partial charge on any atom is 0.195 e. The van der Waals surface area contributed by atoms with Crippen LogP contribution in [0.2, 0.25) is 5.02 Å². The van der Waals surface area contributed by atoms with E-state index in [4.69, 9.17) is 17.3 Å². The summed E-state index contributed by atoms with van der Waals surface area (Å²) in [4.78, 5) is 12.3. The first-order valence-corrected chi connectivity index (χ1v) is 5.63. The average molecular weight is 246 g/mol. The lowest BCUT2D eigenvalue weighted by molar-refractivity contribution is 0.103. The monoisotopic (exact) mass is 245 g/mol. The molecule has 0 spiro atoms. The van der Waals surface area contributed by atoms with E-state index in [0.717, 1.165) is 5.56 Å². The Hall–Kier alpha value is -1.80. The van der Waals surface area contributed by atoms with Gasteiger partial charge in [0.2, 0.25) is 0 Å². The summed E-state index contributed by atoms with van der Waals surface area (Å²) in [5.74, 6) is -0.0720. The fraction of sp³-hybridized carbons (Fsp3) is 0.0714. The molecule has 0 aliphatic heterocycles. The number of hydrogen-bond acceptors (Lipinski definition) is 2. The number of halogens is 1. The van der Waals surface area contributed by atoms with Crippen molar-refractivity contribution in [3.63, 3.8) is 0 Å². The summed E-state index contributed by atoms with van der Waals surface area (Å²) >= 11 is 5.79. The molecule has 0 aromatic heterocycles. The van der Waals surface area contributed by atoms with Gasteiger partial charge in [0.1, 0.15) is 0 Å². The second kappa shape index (κ2) is 4.60. The Labute approximate surface area is 105 Å². The molecule has 0 saturated heterocycles. The molecule has 17 heavy (non-hydrogen) atoms. The van der Waals surface area contributed by atoms with Gasteiger partial charge in [0.25, 0.3) is 0 Å². The van der Waals surface area contributed by atoms with Crippen LogP contribution in [0.25, 0.3) is 0 Å². The molecule has 0 bridgehead atoms. The third kappa shape index (κ3) is 2.32. The number of aryl methyl sites for hydroxylation is 1. The normalized spacial score (nSPS) is 10.2. The SMILES string of the molecule is Cc1cccc(N)c1C(=O)c1ccc(Cl)cc1. The highest BCUT2D eigenvalue weighted by Crippen LogP contribution is 2.21. The highest BCUT2D eigenvalue weighted by molar-refractivity contribution is 6.30. The number of nitrogens with two attached hydrogens (primary N) is 1. The molecule has 2 nitrogen and oxygen atoms in total. The van der Waals surface area contributed by atoms with Crippen LogP contribution >= 0.6 is 11.6 Å². The molecule has 0 radical (unpaired) electrons. The summed E-state index contributed by atoms with van der Waals surface area (Å²) in [5, 5.41) is 0.610. The molecule has 2 aromatic carbocycles. The van der Waals surface area contributed by atoms with E-state index in [2.05, 4.69) is 0 Å². The van der Waals surface area contributed by atoms with Crippen molar-refractivity contribution < 1.29 is 4.79 Å². The molecule has 86 valence electrons. The van der Waals surface area contributed by atoms with Crippen molar-refractivity contribution in [1.82, 2.24) is 0 Å². The number of benzene rings is 2. The van der Waals surface area contributed by atoms with Crippen LogP contribution in [0.5, 0.6) is 0 Å². The zero-order valence-corrected chi connectivity index (χ0v) is 10.2. The predicted octanol–water partition coefficient (Wildman–Crippen LogP) is 3.46. The van der Waals surface area contributed by atoms with Gasteiger partial charge in [-0.2, -0.15) is 0 Å². The van der Waals surface area contributed by atoms with Gasteiger partial charge >= 0.3 is 0 Å². The van der Waals surface area contributed by atoms with E-state index >= 15 is 0 Å². The molecule has 0 unspecified atom stereocenters. The molecule has 0 atom stereocenters. The first-order chi connectivity index (χ1) is 8.09. The van der Waals surface area contributed by atoms with Gasteiger partial charge in [-0.15, -0.1) is 0 Å². The fourth-order valence-electron chi connectivity index (χ4n) is 1.75. The first kappa shape index (κ1) is 11.7. The zero-order valence-electron chi connectivity index (χ0n) is 9.41. The van der Waals surface area contributed by atoms with Crippen LogP contribution in [0.1, 0.15) is 21.5 Å². The van der Waals surface area contributed by atoms with E-state index in [1.165, 1.54) is 0 Å². The molecular weight excluding hydrogens is 234 g/mol. The molecule has 3 heteroatoms. The number of ketones is 1. The molecule has 2 aromatic rings. The second-order valence-corrected chi connectivity index (χ2v) is 4.31. The summed E-state index contributed by atoms with van der Waals surface area (Å²) in [6, 6.07) is 12.2. The van der Waals surface area contributed by atoms with Crippen LogP contribution in [0.3, 0.4) is 0 Å². The molecule has 0 aliphatic carbocycles. The summed E-state index contributed by atoms with van der Waals surface area (Å²) in [6.07, 6.45) is 0. The van der Waals surface area contributed by atoms with Crippen LogP contribution < -0.4 is 5.73 Å². The standard InChI is InChI=1S/C14H12ClNO/c1-9-3-2-4-12(16)13(9)14(17)10-5-7-11(15)8-6-10/h2-8H,16H2,1H3. The Balaban J connectivity index is 2.47. The van der Waals surface area contributed by atoms with Crippen LogP contribution in [-0.2, 0) is 0 Å². The van der Waals surface area contributed by atoms with Gasteiger partial charge in [-0.05, 0) is 42.8 Å². The zero-order chi connectivity index (χ0) is 12.4. The Kier molecular flexibility index (Phi) is 3.16. The lowest BCUT2D eigenvalue weighted by atomic mass is 9.97. The van der Waals surface area contributed by atoms with Crippen molar-refractivity contribution in [1.29, 1.82) is 0 Å². The van der Waals surface area contributed by atoms with E-state index in [-0.39, 0.29) is 5.78 Å². The largest absolute Gasteiger partial charge is 0.398 e. The average Bonchev–Trinajstić information content (AvgIpc) is 2.29. The Morgan fingerprint density at radius 1 is 1.12 bits per heavy atom. The number of anilines is 1. The number of nitrogen functional groups attached to an aromatic ring is 1. The van der Waals surface area contributed by atoms with Crippen molar-refractivity contribution in [2.45, 2.75) is 6.92 Å². The highest BCUT2D eigenvalue weighted by Gasteiger charge is 2.14. The molecule has 0 saturated carbocycles. The highest BCUT2D eigenvalue weighted by atomic mass is 35.5. The minimum Gasteiger partial charge on any atom is -0.398 e. The number of rotatable bonds is 2. The molecular formula is C14H12ClNO. The van der Waals surface area contributed by atoms with Crippen molar-refractivity contribution in [3.05, 3.63) is 64.2 Å². The van der Waals surface area contributed by atoms with Gasteiger partial charge in [0.05, 0.1) is 0 Å². The van der Waals surface area contributed by atoms with Crippen molar-refractivity contribution >= 4 is 23.1 Å². The van der Waals surface area contributed by atoms with E-state index < -0.39 is 0 Å². The lowest BCUT2D eigenvalue weighted by Gasteiger charge is -2.08. The van der Waals surface area contributed by atoms with Crippen LogP contribution in [0.4, 0.5) is 5.69 Å². The van der Waals surface area contributed by atoms with Gasteiger partial charge < -0.3 is 5.73 Å². The smallest absolute Gasteiger partial charge is 0.195 e. The topological polar surface area (TPSA) is 43.1 Å². The lowest BCUT2D eigenvalue weighted by Crippen LogP contribution is -2.07. The van der Waals surface area contributed by atoms with E-state index in [1.807, 2.05) is 19.1 Å². The van der Waals surface area contributed by atoms with Gasteiger partial charge in [-0.3, -0.25) is 4.79 Å². The molecule has 0 heterocycles. The Morgan fingerprint density at radius 2 is 1.76 bits per heavy atom. The summed E-state index contributed by atoms with van der Waals surface area (Å²) in [7, 11) is 0. The minimum absolute atomic E-state index is 0.0720. The summed E-state index contributed by atoms with van der Waals surface area (Å²) < 4.78 is 0. The van der Waals surface area contributed by atoms with Crippen LogP contribution in [0.15, 0.2) is 42.5 Å². The van der Waals surface area contributed by atoms with E-state index in [9.17, 15) is 4.79 Å². The van der Waals surface area contributed by atoms with Crippen molar-refractivity contribution in [3.8, 4) is 0 Å². The van der Waals surface area contributed by atoms with Crippen LogP contribution in [-0.4, -0.2) is 5.78 Å². The molecule has 0 aliphatic rings. The third-order valence-corrected chi connectivity index (χ3v) is 2.89. The van der Waals surface area contributed by atoms with Gasteiger partial charge in [0.15, 0.2) is 5.78 Å². The van der Waals surface area contributed by atoms with Crippen molar-refractivity contribution in [2.75, 3.05) is 5.73 Å². The molecule has 2 rings (SSSR count). The predicted molar refractivity (Wildman–Crippen MR) is 70.5 cm³/mol. The van der Waals surface area contributed by atoms with Gasteiger partial charge in [-0.25, -0.2) is 0 Å². The van der Waals surface area contributed by atoms with E-state index in [0.29, 0.717) is 21.8 Å². The Morgan fingerprint density at radius 3 is 2.35 bits per heavy atom. The second-order valence-electron chi connectivity index (χ2n) is 3.88. The molecule has 0 amide bonds. The quantitative estimate of drug-likeness (QED) is 0.650. The van der Waals surface area contributed by atoms with Gasteiger partial charge in [0, 0.05) is 21.8 Å². The number of hydrogen-bond donors (Lipinski definition) is 1. The summed E-state index contributed by atoms with van der Waals surface area (Å²) in [5.41, 5.74) is 8.38. The first-order valence-electron chi connectivity index (χ1n) is 5.25. The molecule has 0 fully saturated rings.